The highest BCUT2D eigenvalue weighted by atomic mass is 35.5. The quantitative estimate of drug-likeness (QED) is 0.714. The molecule has 94 valence electrons. The Kier molecular flexibility index (Phi) is 5.60. The Balaban J connectivity index is 2.33. The topological polar surface area (TPSA) is 29.1 Å². The lowest BCUT2D eigenvalue weighted by atomic mass is 9.82. The van der Waals surface area contributed by atoms with E-state index >= 15 is 0 Å². The predicted molar refractivity (Wildman–Crippen MR) is 68.8 cm³/mol. The SMILES string of the molecule is CCC(Cl)CCNC(=O)C1(CC)CCCC1. The van der Waals surface area contributed by atoms with Gasteiger partial charge in [0.15, 0.2) is 0 Å². The molecule has 1 fully saturated rings. The molecule has 0 aromatic carbocycles. The minimum absolute atomic E-state index is 0.0615. The molecular weight excluding hydrogens is 222 g/mol. The summed E-state index contributed by atoms with van der Waals surface area (Å²) in [7, 11) is 0. The van der Waals surface area contributed by atoms with Crippen LogP contribution in [0.15, 0.2) is 0 Å². The number of nitrogens with one attached hydrogen (secondary N) is 1. The van der Waals surface area contributed by atoms with Gasteiger partial charge in [0.05, 0.1) is 0 Å². The van der Waals surface area contributed by atoms with E-state index in [2.05, 4.69) is 19.2 Å². The summed E-state index contributed by atoms with van der Waals surface area (Å²) in [6.45, 7) is 4.92. The van der Waals surface area contributed by atoms with E-state index in [4.69, 9.17) is 11.6 Å². The molecule has 1 N–H and O–H groups in total. The Hall–Kier alpha value is -0.240. The number of amides is 1. The summed E-state index contributed by atoms with van der Waals surface area (Å²) >= 11 is 6.03. The Morgan fingerprint density at radius 1 is 1.38 bits per heavy atom. The third-order valence-corrected chi connectivity index (χ3v) is 4.43. The van der Waals surface area contributed by atoms with Gasteiger partial charge in [-0.25, -0.2) is 0 Å². The molecule has 1 aliphatic carbocycles. The molecule has 0 heterocycles. The summed E-state index contributed by atoms with van der Waals surface area (Å²) in [6.07, 6.45) is 7.35. The minimum atomic E-state index is -0.0615. The van der Waals surface area contributed by atoms with Crippen LogP contribution in [0.1, 0.15) is 58.8 Å². The molecule has 0 saturated heterocycles. The smallest absolute Gasteiger partial charge is 0.226 e. The largest absolute Gasteiger partial charge is 0.356 e. The fourth-order valence-electron chi connectivity index (χ4n) is 2.53. The van der Waals surface area contributed by atoms with Crippen molar-refractivity contribution in [2.24, 2.45) is 5.41 Å². The molecular formula is C13H24ClNO. The van der Waals surface area contributed by atoms with Crippen molar-refractivity contribution >= 4 is 17.5 Å². The van der Waals surface area contributed by atoms with E-state index in [9.17, 15) is 4.79 Å². The van der Waals surface area contributed by atoms with Gasteiger partial charge >= 0.3 is 0 Å². The summed E-state index contributed by atoms with van der Waals surface area (Å²) in [6, 6.07) is 0. The molecule has 1 saturated carbocycles. The van der Waals surface area contributed by atoms with Crippen molar-refractivity contribution in [3.8, 4) is 0 Å². The normalized spacial score (nSPS) is 20.7. The first-order valence-electron chi connectivity index (χ1n) is 6.57. The van der Waals surface area contributed by atoms with E-state index in [1.54, 1.807) is 0 Å². The Morgan fingerprint density at radius 2 is 2.00 bits per heavy atom. The lowest BCUT2D eigenvalue weighted by molar-refractivity contribution is -0.131. The monoisotopic (exact) mass is 245 g/mol. The van der Waals surface area contributed by atoms with Crippen LogP contribution in [0.3, 0.4) is 0 Å². The van der Waals surface area contributed by atoms with Crippen molar-refractivity contribution in [3.05, 3.63) is 0 Å². The van der Waals surface area contributed by atoms with Crippen LogP contribution in [0.2, 0.25) is 0 Å². The maximum atomic E-state index is 12.1. The molecule has 0 radical (unpaired) electrons. The highest BCUT2D eigenvalue weighted by Gasteiger charge is 2.38. The zero-order valence-electron chi connectivity index (χ0n) is 10.5. The number of carbonyl (C=O) groups is 1. The first-order chi connectivity index (χ1) is 7.64. The van der Waals surface area contributed by atoms with Crippen molar-refractivity contribution in [2.75, 3.05) is 6.54 Å². The van der Waals surface area contributed by atoms with Gasteiger partial charge in [-0.3, -0.25) is 4.79 Å². The Labute approximate surface area is 104 Å². The lowest BCUT2D eigenvalue weighted by Gasteiger charge is -2.26. The van der Waals surface area contributed by atoms with Gasteiger partial charge in [-0.15, -0.1) is 11.6 Å². The minimum Gasteiger partial charge on any atom is -0.356 e. The molecule has 0 aliphatic heterocycles. The maximum Gasteiger partial charge on any atom is 0.226 e. The van der Waals surface area contributed by atoms with Crippen molar-refractivity contribution in [1.82, 2.24) is 5.32 Å². The lowest BCUT2D eigenvalue weighted by Crippen LogP contribution is -2.39. The third kappa shape index (κ3) is 3.38. The van der Waals surface area contributed by atoms with Crippen molar-refractivity contribution in [2.45, 2.75) is 64.2 Å². The van der Waals surface area contributed by atoms with Crippen LogP contribution in [0.25, 0.3) is 0 Å². The van der Waals surface area contributed by atoms with Crippen LogP contribution < -0.4 is 5.32 Å². The molecule has 1 unspecified atom stereocenters. The van der Waals surface area contributed by atoms with Gasteiger partial charge in [-0.1, -0.05) is 26.7 Å². The standard InChI is InChI=1S/C13H24ClNO/c1-3-11(14)7-10-15-12(16)13(4-2)8-5-6-9-13/h11H,3-10H2,1-2H3,(H,15,16). The first kappa shape index (κ1) is 13.8. The molecule has 3 heteroatoms. The van der Waals surface area contributed by atoms with E-state index in [1.165, 1.54) is 12.8 Å². The molecule has 1 atom stereocenters. The summed E-state index contributed by atoms with van der Waals surface area (Å²) in [4.78, 5) is 12.1. The third-order valence-electron chi connectivity index (χ3n) is 3.91. The molecule has 1 rings (SSSR count). The van der Waals surface area contributed by atoms with Crippen LogP contribution in [0, 0.1) is 5.41 Å². The highest BCUT2D eigenvalue weighted by Crippen LogP contribution is 2.41. The van der Waals surface area contributed by atoms with E-state index in [-0.39, 0.29) is 16.7 Å². The van der Waals surface area contributed by atoms with Gasteiger partial charge in [-0.05, 0) is 32.1 Å². The summed E-state index contributed by atoms with van der Waals surface area (Å²) in [5.41, 5.74) is -0.0615. The fraction of sp³-hybridized carbons (Fsp3) is 0.923. The zero-order chi connectivity index (χ0) is 12.0. The highest BCUT2D eigenvalue weighted by molar-refractivity contribution is 6.20. The molecule has 0 aromatic heterocycles. The van der Waals surface area contributed by atoms with Gasteiger partial charge in [0.1, 0.15) is 0 Å². The van der Waals surface area contributed by atoms with E-state index in [0.29, 0.717) is 0 Å². The average molecular weight is 246 g/mol. The molecule has 0 aromatic rings. The van der Waals surface area contributed by atoms with Gasteiger partial charge in [0, 0.05) is 17.3 Å². The fourth-order valence-corrected chi connectivity index (χ4v) is 2.64. The van der Waals surface area contributed by atoms with E-state index < -0.39 is 0 Å². The van der Waals surface area contributed by atoms with Crippen LogP contribution in [-0.2, 0) is 4.79 Å². The van der Waals surface area contributed by atoms with Crippen molar-refractivity contribution in [3.63, 3.8) is 0 Å². The molecule has 1 amide bonds. The first-order valence-corrected chi connectivity index (χ1v) is 7.00. The molecule has 2 nitrogen and oxygen atoms in total. The van der Waals surface area contributed by atoms with Gasteiger partial charge < -0.3 is 5.32 Å². The summed E-state index contributed by atoms with van der Waals surface area (Å²) in [5, 5.41) is 3.25. The maximum absolute atomic E-state index is 12.1. The summed E-state index contributed by atoms with van der Waals surface area (Å²) < 4.78 is 0. The van der Waals surface area contributed by atoms with Gasteiger partial charge in [0.25, 0.3) is 0 Å². The van der Waals surface area contributed by atoms with E-state index in [0.717, 1.165) is 38.6 Å². The number of rotatable bonds is 6. The van der Waals surface area contributed by atoms with Crippen LogP contribution in [0.4, 0.5) is 0 Å². The zero-order valence-corrected chi connectivity index (χ0v) is 11.3. The Bertz CT molecular complexity index is 224. The number of alkyl halides is 1. The number of halogens is 1. The van der Waals surface area contributed by atoms with Crippen molar-refractivity contribution < 1.29 is 4.79 Å². The number of hydrogen-bond donors (Lipinski definition) is 1. The van der Waals surface area contributed by atoms with Gasteiger partial charge in [0.2, 0.25) is 5.91 Å². The Morgan fingerprint density at radius 3 is 2.50 bits per heavy atom. The van der Waals surface area contributed by atoms with Crippen LogP contribution in [-0.4, -0.2) is 17.8 Å². The second kappa shape index (κ2) is 6.48. The second-order valence-electron chi connectivity index (χ2n) is 4.89. The number of carbonyl (C=O) groups excluding carboxylic acids is 1. The predicted octanol–water partition coefficient (Wildman–Crippen LogP) is 3.48. The van der Waals surface area contributed by atoms with Crippen LogP contribution >= 0.6 is 11.6 Å². The molecule has 1 aliphatic rings. The number of hydrogen-bond acceptors (Lipinski definition) is 1. The molecule has 0 bridgehead atoms. The second-order valence-corrected chi connectivity index (χ2v) is 5.51. The molecule has 16 heavy (non-hydrogen) atoms. The van der Waals surface area contributed by atoms with E-state index in [1.807, 2.05) is 0 Å². The van der Waals surface area contributed by atoms with Crippen LogP contribution in [0.5, 0.6) is 0 Å². The average Bonchev–Trinajstić information content (AvgIpc) is 2.78. The summed E-state index contributed by atoms with van der Waals surface area (Å²) in [5.74, 6) is 0.257. The van der Waals surface area contributed by atoms with Crippen molar-refractivity contribution in [1.29, 1.82) is 0 Å². The molecule has 0 spiro atoms. The van der Waals surface area contributed by atoms with Gasteiger partial charge in [-0.2, -0.15) is 0 Å².